The molecule has 1 aromatic heterocycles. The van der Waals surface area contributed by atoms with Crippen LogP contribution in [0.15, 0.2) is 18.3 Å². The molecule has 0 spiro atoms. The van der Waals surface area contributed by atoms with Crippen molar-refractivity contribution >= 4 is 5.69 Å². The second-order valence-electron chi connectivity index (χ2n) is 3.87. The molecule has 2 rings (SSSR count). The predicted octanol–water partition coefficient (Wildman–Crippen LogP) is 2.60. The van der Waals surface area contributed by atoms with Crippen LogP contribution in [0, 0.1) is 5.95 Å². The van der Waals surface area contributed by atoms with Gasteiger partial charge in [0.15, 0.2) is 0 Å². The van der Waals surface area contributed by atoms with Gasteiger partial charge in [0.2, 0.25) is 5.95 Å². The molecule has 2 heterocycles. The summed E-state index contributed by atoms with van der Waals surface area (Å²) in [6.45, 7) is 3.22. The van der Waals surface area contributed by atoms with Gasteiger partial charge in [-0.05, 0) is 32.3 Å². The van der Waals surface area contributed by atoms with Crippen LogP contribution >= 0.6 is 0 Å². The summed E-state index contributed by atoms with van der Waals surface area (Å²) in [5.41, 5.74) is 0.963. The van der Waals surface area contributed by atoms with Gasteiger partial charge < -0.3 is 4.90 Å². The van der Waals surface area contributed by atoms with Crippen LogP contribution < -0.4 is 4.90 Å². The number of hydrogen-bond acceptors (Lipinski definition) is 2. The molecule has 2 nitrogen and oxygen atoms in total. The first-order valence-corrected chi connectivity index (χ1v) is 5.15. The van der Waals surface area contributed by atoms with Crippen LogP contribution in [-0.2, 0) is 0 Å². The fourth-order valence-corrected chi connectivity index (χ4v) is 2.05. The van der Waals surface area contributed by atoms with Gasteiger partial charge in [-0.2, -0.15) is 4.39 Å². The first-order chi connectivity index (χ1) is 6.77. The van der Waals surface area contributed by atoms with E-state index in [1.807, 2.05) is 6.07 Å². The molecular weight excluding hydrogens is 179 g/mol. The Morgan fingerprint density at radius 3 is 3.07 bits per heavy atom. The number of anilines is 1. The van der Waals surface area contributed by atoms with Gasteiger partial charge in [0, 0.05) is 30.5 Å². The summed E-state index contributed by atoms with van der Waals surface area (Å²) in [6, 6.07) is 3.91. The molecule has 0 saturated carbocycles. The molecule has 0 radical (unpaired) electrons. The molecule has 0 N–H and O–H groups in total. The Morgan fingerprint density at radius 2 is 2.36 bits per heavy atom. The lowest BCUT2D eigenvalue weighted by Crippen LogP contribution is -2.37. The maximum atomic E-state index is 12.9. The van der Waals surface area contributed by atoms with E-state index in [-0.39, 0.29) is 5.95 Å². The molecule has 0 aromatic carbocycles. The van der Waals surface area contributed by atoms with Crippen molar-refractivity contribution in [2.24, 2.45) is 0 Å². The number of aromatic nitrogens is 1. The largest absolute Gasteiger partial charge is 0.369 e. The third-order valence-electron chi connectivity index (χ3n) is 2.84. The van der Waals surface area contributed by atoms with Crippen LogP contribution in [0.2, 0.25) is 0 Å². The van der Waals surface area contributed by atoms with Crippen molar-refractivity contribution in [3.05, 3.63) is 24.3 Å². The predicted molar refractivity (Wildman–Crippen MR) is 54.9 cm³/mol. The van der Waals surface area contributed by atoms with Gasteiger partial charge in [-0.15, -0.1) is 0 Å². The average molecular weight is 194 g/mol. The zero-order valence-electron chi connectivity index (χ0n) is 8.41. The minimum absolute atomic E-state index is 0.389. The van der Waals surface area contributed by atoms with Crippen LogP contribution in [0.4, 0.5) is 10.1 Å². The second kappa shape index (κ2) is 3.95. The van der Waals surface area contributed by atoms with Gasteiger partial charge in [-0.25, -0.2) is 4.98 Å². The van der Waals surface area contributed by atoms with Crippen LogP contribution in [0.3, 0.4) is 0 Å². The monoisotopic (exact) mass is 194 g/mol. The van der Waals surface area contributed by atoms with E-state index < -0.39 is 0 Å². The van der Waals surface area contributed by atoms with Crippen molar-refractivity contribution < 1.29 is 4.39 Å². The molecule has 1 aliphatic heterocycles. The fraction of sp³-hybridized carbons (Fsp3) is 0.545. The lowest BCUT2D eigenvalue weighted by atomic mass is 10.0. The Morgan fingerprint density at radius 1 is 1.50 bits per heavy atom. The van der Waals surface area contributed by atoms with Crippen molar-refractivity contribution in [3.63, 3.8) is 0 Å². The molecule has 76 valence electrons. The maximum Gasteiger partial charge on any atom is 0.214 e. The topological polar surface area (TPSA) is 16.1 Å². The normalized spacial score (nSPS) is 22.4. The molecule has 1 aliphatic rings. The second-order valence-corrected chi connectivity index (χ2v) is 3.87. The highest BCUT2D eigenvalue weighted by Gasteiger charge is 2.18. The fourth-order valence-electron chi connectivity index (χ4n) is 2.05. The first-order valence-electron chi connectivity index (χ1n) is 5.15. The Balaban J connectivity index is 2.20. The smallest absolute Gasteiger partial charge is 0.214 e. The molecule has 3 heteroatoms. The van der Waals surface area contributed by atoms with E-state index in [1.165, 1.54) is 31.5 Å². The van der Waals surface area contributed by atoms with Gasteiger partial charge in [0.25, 0.3) is 0 Å². The molecule has 0 amide bonds. The van der Waals surface area contributed by atoms with Crippen LogP contribution in [0.1, 0.15) is 26.2 Å². The average Bonchev–Trinajstić information content (AvgIpc) is 2.18. The lowest BCUT2D eigenvalue weighted by molar-refractivity contribution is 0.483. The summed E-state index contributed by atoms with van der Waals surface area (Å²) >= 11 is 0. The summed E-state index contributed by atoms with van der Waals surface area (Å²) in [5, 5.41) is 0. The summed E-state index contributed by atoms with van der Waals surface area (Å²) < 4.78 is 12.9. The molecule has 1 fully saturated rings. The standard InChI is InChI=1S/C11H15FN2/c1-9-4-2-3-7-14(9)10-5-6-13-11(12)8-10/h5-6,8-9H,2-4,7H2,1H3. The quantitative estimate of drug-likeness (QED) is 0.639. The van der Waals surface area contributed by atoms with Crippen molar-refractivity contribution in [3.8, 4) is 0 Å². The van der Waals surface area contributed by atoms with E-state index in [4.69, 9.17) is 0 Å². The summed E-state index contributed by atoms with van der Waals surface area (Å²) in [7, 11) is 0. The third kappa shape index (κ3) is 1.86. The number of halogens is 1. The van der Waals surface area contributed by atoms with Gasteiger partial charge in [-0.3, -0.25) is 0 Å². The molecule has 1 aromatic rings. The number of pyridine rings is 1. The highest BCUT2D eigenvalue weighted by molar-refractivity contribution is 5.46. The lowest BCUT2D eigenvalue weighted by Gasteiger charge is -2.35. The van der Waals surface area contributed by atoms with Crippen molar-refractivity contribution in [1.82, 2.24) is 4.98 Å². The Labute approximate surface area is 83.8 Å². The van der Waals surface area contributed by atoms with Gasteiger partial charge in [0.05, 0.1) is 0 Å². The zero-order chi connectivity index (χ0) is 9.97. The van der Waals surface area contributed by atoms with E-state index in [0.29, 0.717) is 6.04 Å². The molecule has 1 unspecified atom stereocenters. The van der Waals surface area contributed by atoms with Crippen molar-refractivity contribution in [1.29, 1.82) is 0 Å². The van der Waals surface area contributed by atoms with Gasteiger partial charge in [0.1, 0.15) is 0 Å². The Hall–Kier alpha value is -1.12. The van der Waals surface area contributed by atoms with Crippen molar-refractivity contribution in [2.45, 2.75) is 32.2 Å². The van der Waals surface area contributed by atoms with Gasteiger partial charge >= 0.3 is 0 Å². The third-order valence-corrected chi connectivity index (χ3v) is 2.84. The molecule has 0 bridgehead atoms. The summed E-state index contributed by atoms with van der Waals surface area (Å²) in [4.78, 5) is 5.82. The van der Waals surface area contributed by atoms with Crippen LogP contribution in [0.5, 0.6) is 0 Å². The number of nitrogens with zero attached hydrogens (tertiary/aromatic N) is 2. The van der Waals surface area contributed by atoms with E-state index in [1.54, 1.807) is 0 Å². The first kappa shape index (κ1) is 9.44. The molecule has 1 atom stereocenters. The molecule has 1 saturated heterocycles. The van der Waals surface area contributed by atoms with E-state index in [0.717, 1.165) is 12.2 Å². The zero-order valence-corrected chi connectivity index (χ0v) is 8.41. The summed E-state index contributed by atoms with van der Waals surface area (Å²) in [5.74, 6) is -0.389. The Bertz CT molecular complexity index is 314. The minimum atomic E-state index is -0.389. The van der Waals surface area contributed by atoms with Crippen LogP contribution in [-0.4, -0.2) is 17.6 Å². The Kier molecular flexibility index (Phi) is 2.66. The van der Waals surface area contributed by atoms with E-state index >= 15 is 0 Å². The van der Waals surface area contributed by atoms with E-state index in [9.17, 15) is 4.39 Å². The number of piperidine rings is 1. The molecule has 14 heavy (non-hydrogen) atoms. The minimum Gasteiger partial charge on any atom is -0.369 e. The SMILES string of the molecule is CC1CCCCN1c1ccnc(F)c1. The maximum absolute atomic E-state index is 12.9. The molecular formula is C11H15FN2. The van der Waals surface area contributed by atoms with Crippen LogP contribution in [0.25, 0.3) is 0 Å². The van der Waals surface area contributed by atoms with E-state index in [2.05, 4.69) is 16.8 Å². The van der Waals surface area contributed by atoms with Crippen molar-refractivity contribution in [2.75, 3.05) is 11.4 Å². The highest BCUT2D eigenvalue weighted by Crippen LogP contribution is 2.24. The number of rotatable bonds is 1. The molecule has 0 aliphatic carbocycles. The summed E-state index contributed by atoms with van der Waals surface area (Å²) in [6.07, 6.45) is 5.22. The number of hydrogen-bond donors (Lipinski definition) is 0. The van der Waals surface area contributed by atoms with Gasteiger partial charge in [-0.1, -0.05) is 0 Å². The highest BCUT2D eigenvalue weighted by atomic mass is 19.1.